The van der Waals surface area contributed by atoms with Crippen LogP contribution in [0.5, 0.6) is 11.5 Å². The Bertz CT molecular complexity index is 3440. The molecule has 0 aliphatic carbocycles. The summed E-state index contributed by atoms with van der Waals surface area (Å²) in [5, 5.41) is 5.04. The lowest BCUT2D eigenvalue weighted by Crippen LogP contribution is -2.46. The fourth-order valence-corrected chi connectivity index (χ4v) is 11.2. The standard InChI is InChI=1S/C54H33BN2OS/c1-7-22-46(57-49-25-10-4-19-41(49)42-20-5-11-26-50(42)57)38(16-1)35-28-29-53-43(31-35)44-32-36(33-52-54(44)55(59-53)45-21-6-12-27-51(45)58-52)34-14-13-15-37(30-34)56-47-23-8-2-17-39(47)40-18-3-9-24-48(40)56/h1-33H. The Hall–Kier alpha value is -7.21. The SMILES string of the molecule is c1cc(-c2cc3c4c(c2)-c2cc(-c5ccccc5-n5c6ccccc6c6ccccc65)ccc2SB4c2ccccc2O3)cc(-n2c3ccccc3c3ccccc32)c1. The van der Waals surface area contributed by atoms with Crippen molar-refractivity contribution in [2.45, 2.75) is 4.90 Å². The molecule has 0 saturated heterocycles. The minimum absolute atomic E-state index is 0.131. The van der Waals surface area contributed by atoms with Crippen molar-refractivity contribution in [3.63, 3.8) is 0 Å². The molecule has 5 heteroatoms. The van der Waals surface area contributed by atoms with Gasteiger partial charge in [0, 0.05) is 37.7 Å². The Morgan fingerprint density at radius 2 is 0.983 bits per heavy atom. The van der Waals surface area contributed by atoms with Crippen LogP contribution in [0.3, 0.4) is 0 Å². The van der Waals surface area contributed by atoms with Crippen molar-refractivity contribution in [2.24, 2.45) is 0 Å². The van der Waals surface area contributed by atoms with Crippen LogP contribution in [0.15, 0.2) is 205 Å². The summed E-state index contributed by atoms with van der Waals surface area (Å²) < 4.78 is 11.7. The molecule has 274 valence electrons. The van der Waals surface area contributed by atoms with E-state index < -0.39 is 0 Å². The van der Waals surface area contributed by atoms with E-state index in [0.29, 0.717) is 0 Å². The minimum atomic E-state index is 0.131. The third kappa shape index (κ3) is 4.86. The number of para-hydroxylation sites is 6. The fraction of sp³-hybridized carbons (Fsp3) is 0. The maximum Gasteiger partial charge on any atom is 0.289 e. The van der Waals surface area contributed by atoms with Gasteiger partial charge >= 0.3 is 0 Å². The molecule has 0 unspecified atom stereocenters. The molecule has 0 N–H and O–H groups in total. The van der Waals surface area contributed by atoms with Crippen LogP contribution in [0.4, 0.5) is 0 Å². The number of fused-ring (bicyclic) bond motifs is 10. The molecular weight excluding hydrogens is 735 g/mol. The van der Waals surface area contributed by atoms with E-state index in [1.165, 1.54) is 87.4 Å². The molecule has 0 radical (unpaired) electrons. The van der Waals surface area contributed by atoms with E-state index in [4.69, 9.17) is 4.74 Å². The molecule has 9 aromatic carbocycles. The van der Waals surface area contributed by atoms with Gasteiger partial charge in [0.1, 0.15) is 11.5 Å². The average Bonchev–Trinajstić information content (AvgIpc) is 3.82. The Balaban J connectivity index is 1.01. The highest BCUT2D eigenvalue weighted by Crippen LogP contribution is 2.47. The van der Waals surface area contributed by atoms with Gasteiger partial charge in [-0.05, 0) is 112 Å². The van der Waals surface area contributed by atoms with Gasteiger partial charge in [-0.1, -0.05) is 127 Å². The molecular formula is C54H33BN2OS. The van der Waals surface area contributed by atoms with Gasteiger partial charge in [-0.15, -0.1) is 0 Å². The summed E-state index contributed by atoms with van der Waals surface area (Å²) in [6, 6.07) is 73.0. The third-order valence-electron chi connectivity index (χ3n) is 12.4. The van der Waals surface area contributed by atoms with Crippen LogP contribution >= 0.6 is 11.6 Å². The van der Waals surface area contributed by atoms with Gasteiger partial charge in [0.05, 0.1) is 27.8 Å². The van der Waals surface area contributed by atoms with Crippen LogP contribution in [0.25, 0.3) is 88.4 Å². The van der Waals surface area contributed by atoms with Gasteiger partial charge in [0.15, 0.2) is 0 Å². The Labute approximate surface area is 345 Å². The normalized spacial score (nSPS) is 12.8. The highest BCUT2D eigenvalue weighted by Gasteiger charge is 2.39. The molecule has 13 rings (SSSR count). The first-order chi connectivity index (χ1) is 29.3. The summed E-state index contributed by atoms with van der Waals surface area (Å²) in [6.45, 7) is 0. The zero-order chi connectivity index (χ0) is 38.6. The smallest absolute Gasteiger partial charge is 0.289 e. The van der Waals surface area contributed by atoms with Crippen molar-refractivity contribution in [1.82, 2.24) is 9.13 Å². The van der Waals surface area contributed by atoms with Crippen LogP contribution in [-0.4, -0.2) is 15.1 Å². The van der Waals surface area contributed by atoms with E-state index >= 15 is 0 Å². The number of hydrogen-bond acceptors (Lipinski definition) is 2. The zero-order valence-electron chi connectivity index (χ0n) is 31.8. The lowest BCUT2D eigenvalue weighted by molar-refractivity contribution is 0.488. The monoisotopic (exact) mass is 768 g/mol. The molecule has 0 saturated carbocycles. The fourth-order valence-electron chi connectivity index (χ4n) is 9.82. The van der Waals surface area contributed by atoms with Crippen molar-refractivity contribution in [1.29, 1.82) is 0 Å². The van der Waals surface area contributed by atoms with Crippen molar-refractivity contribution in [3.05, 3.63) is 200 Å². The second kappa shape index (κ2) is 12.6. The second-order valence-electron chi connectivity index (χ2n) is 15.6. The van der Waals surface area contributed by atoms with E-state index in [-0.39, 0.29) is 5.99 Å². The molecule has 0 bridgehead atoms. The second-order valence-corrected chi connectivity index (χ2v) is 16.7. The van der Waals surface area contributed by atoms with Crippen LogP contribution in [-0.2, 0) is 0 Å². The summed E-state index contributed by atoms with van der Waals surface area (Å²) in [4.78, 5) is 1.28. The molecule has 2 aromatic heterocycles. The Morgan fingerprint density at radius 3 is 1.69 bits per heavy atom. The number of rotatable bonds is 4. The lowest BCUT2D eigenvalue weighted by atomic mass is 9.57. The van der Waals surface area contributed by atoms with Crippen molar-refractivity contribution in [2.75, 3.05) is 0 Å². The third-order valence-corrected chi connectivity index (χ3v) is 13.7. The van der Waals surface area contributed by atoms with Gasteiger partial charge in [-0.25, -0.2) is 0 Å². The van der Waals surface area contributed by atoms with Crippen molar-refractivity contribution >= 4 is 72.1 Å². The van der Waals surface area contributed by atoms with Crippen LogP contribution < -0.4 is 15.7 Å². The predicted molar refractivity (Wildman–Crippen MR) is 249 cm³/mol. The summed E-state index contributed by atoms with van der Waals surface area (Å²) in [6.07, 6.45) is 0. The van der Waals surface area contributed by atoms with E-state index in [1.54, 1.807) is 0 Å². The molecule has 0 spiro atoms. The van der Waals surface area contributed by atoms with Gasteiger partial charge in [0.25, 0.3) is 5.99 Å². The van der Waals surface area contributed by atoms with Crippen LogP contribution in [0.2, 0.25) is 0 Å². The molecule has 3 nitrogen and oxygen atoms in total. The molecule has 59 heavy (non-hydrogen) atoms. The lowest BCUT2D eigenvalue weighted by Gasteiger charge is -2.33. The number of aromatic nitrogens is 2. The van der Waals surface area contributed by atoms with E-state index in [1.807, 2.05) is 11.6 Å². The highest BCUT2D eigenvalue weighted by molar-refractivity contribution is 8.28. The molecule has 0 amide bonds. The van der Waals surface area contributed by atoms with Gasteiger partial charge in [-0.3, -0.25) is 0 Å². The molecule has 2 aliphatic heterocycles. The molecule has 0 atom stereocenters. The Morgan fingerprint density at radius 1 is 0.390 bits per heavy atom. The van der Waals surface area contributed by atoms with Crippen LogP contribution in [0, 0.1) is 0 Å². The summed E-state index contributed by atoms with van der Waals surface area (Å²) in [5.41, 5.74) is 16.7. The first kappa shape index (κ1) is 32.8. The number of hydrogen-bond donors (Lipinski definition) is 0. The summed E-state index contributed by atoms with van der Waals surface area (Å²) >= 11 is 1.93. The number of nitrogens with zero attached hydrogens (tertiary/aromatic N) is 2. The van der Waals surface area contributed by atoms with E-state index in [2.05, 4.69) is 209 Å². The largest absolute Gasteiger partial charge is 0.458 e. The molecule has 0 fully saturated rings. The maximum atomic E-state index is 6.86. The molecule has 11 aromatic rings. The van der Waals surface area contributed by atoms with E-state index in [9.17, 15) is 0 Å². The predicted octanol–water partition coefficient (Wildman–Crippen LogP) is 13.2. The number of benzene rings is 9. The quantitative estimate of drug-likeness (QED) is 0.166. The molecule has 2 aliphatic rings. The maximum absolute atomic E-state index is 6.86. The molecule has 4 heterocycles. The van der Waals surface area contributed by atoms with Crippen LogP contribution in [0.1, 0.15) is 0 Å². The Kier molecular flexibility index (Phi) is 7.04. The van der Waals surface area contributed by atoms with E-state index in [0.717, 1.165) is 28.3 Å². The minimum Gasteiger partial charge on any atom is -0.458 e. The topological polar surface area (TPSA) is 19.1 Å². The van der Waals surface area contributed by atoms with Crippen molar-refractivity contribution < 1.29 is 4.74 Å². The first-order valence-corrected chi connectivity index (χ1v) is 21.1. The number of ether oxygens (including phenoxy) is 1. The first-order valence-electron chi connectivity index (χ1n) is 20.2. The highest BCUT2D eigenvalue weighted by atomic mass is 32.2. The van der Waals surface area contributed by atoms with Gasteiger partial charge < -0.3 is 13.9 Å². The average molecular weight is 769 g/mol. The van der Waals surface area contributed by atoms with Crippen molar-refractivity contribution in [3.8, 4) is 56.3 Å². The zero-order valence-corrected chi connectivity index (χ0v) is 32.7. The van der Waals surface area contributed by atoms with Gasteiger partial charge in [0.2, 0.25) is 0 Å². The van der Waals surface area contributed by atoms with Gasteiger partial charge in [-0.2, -0.15) is 11.6 Å². The summed E-state index contributed by atoms with van der Waals surface area (Å²) in [7, 11) is 0. The summed E-state index contributed by atoms with van der Waals surface area (Å²) in [5.74, 6) is 1.99.